The number of aromatic amines is 4. The number of hydrogen-bond donors (Lipinski definition) is 8. The average molecular weight is 618 g/mol. The molecule has 0 radical (unpaired) electrons. The lowest BCUT2D eigenvalue weighted by Gasteiger charge is -2.00. The molecule has 12 nitrogen and oxygen atoms in total. The van der Waals surface area contributed by atoms with Crippen molar-refractivity contribution in [3.8, 4) is 11.4 Å². The topological polar surface area (TPSA) is 199 Å². The highest BCUT2D eigenvalue weighted by atomic mass is 79.9. The van der Waals surface area contributed by atoms with E-state index in [9.17, 15) is 9.59 Å². The Balaban J connectivity index is 1.42. The van der Waals surface area contributed by atoms with Gasteiger partial charge in [-0.1, -0.05) is 12.2 Å². The summed E-state index contributed by atoms with van der Waals surface area (Å²) >= 11 is 6.60. The van der Waals surface area contributed by atoms with E-state index >= 15 is 0 Å². The highest BCUT2D eigenvalue weighted by molar-refractivity contribution is 9.10. The van der Waals surface area contributed by atoms with Gasteiger partial charge in [-0.15, -0.1) is 0 Å². The van der Waals surface area contributed by atoms with Gasteiger partial charge < -0.3 is 42.0 Å². The molecule has 4 aromatic rings. The summed E-state index contributed by atoms with van der Waals surface area (Å²) in [6.07, 6.45) is 10.4. The standard InChI is InChI=1S/C22H22Br2N10O2/c23-11-7-15(29-9-11)19(35)27-5-1-3-13-17(33-21(25)31-13)18-14(32-22(26)34-18)4-2-6-28-20(36)16-8-12(24)10-30-16/h1-4,7-10,29-30H,5-6H2,(H,27,35)(H,28,36)(H3,25,31,33)(H3,26,32,34)/b3-1+,4-2+. The number of carbonyl (C=O) groups excluding carboxylic acids is 2. The molecule has 0 saturated carbocycles. The predicted octanol–water partition coefficient (Wildman–Crippen LogP) is 3.03. The smallest absolute Gasteiger partial charge is 0.267 e. The van der Waals surface area contributed by atoms with Crippen molar-refractivity contribution < 1.29 is 9.59 Å². The van der Waals surface area contributed by atoms with E-state index in [1.807, 2.05) is 0 Å². The highest BCUT2D eigenvalue weighted by Crippen LogP contribution is 2.27. The van der Waals surface area contributed by atoms with Crippen LogP contribution in [0.4, 0.5) is 11.9 Å². The van der Waals surface area contributed by atoms with Crippen molar-refractivity contribution >= 4 is 67.7 Å². The number of amides is 2. The summed E-state index contributed by atoms with van der Waals surface area (Å²) in [5.74, 6) is -0.0760. The Labute approximate surface area is 221 Å². The van der Waals surface area contributed by atoms with Crippen LogP contribution in [0.2, 0.25) is 0 Å². The lowest BCUT2D eigenvalue weighted by molar-refractivity contribution is 0.0945. The molecule has 0 aliphatic carbocycles. The molecule has 0 aliphatic rings. The van der Waals surface area contributed by atoms with Crippen molar-refractivity contribution in [2.45, 2.75) is 0 Å². The molecule has 14 heteroatoms. The zero-order valence-corrected chi connectivity index (χ0v) is 21.8. The van der Waals surface area contributed by atoms with Crippen molar-refractivity contribution in [1.82, 2.24) is 40.5 Å². The summed E-state index contributed by atoms with van der Waals surface area (Å²) < 4.78 is 1.58. The highest BCUT2D eigenvalue weighted by Gasteiger charge is 2.16. The molecule has 10 N–H and O–H groups in total. The Morgan fingerprint density at radius 3 is 1.58 bits per heavy atom. The summed E-state index contributed by atoms with van der Waals surface area (Å²) in [6.45, 7) is 0.556. The fourth-order valence-corrected chi connectivity index (χ4v) is 3.95. The minimum absolute atomic E-state index is 0.200. The van der Waals surface area contributed by atoms with E-state index in [0.29, 0.717) is 34.2 Å². The van der Waals surface area contributed by atoms with Crippen LogP contribution in [0.5, 0.6) is 0 Å². The molecule has 4 heterocycles. The Kier molecular flexibility index (Phi) is 7.75. The number of anilines is 2. The molecule has 4 aromatic heterocycles. The van der Waals surface area contributed by atoms with E-state index in [2.05, 4.69) is 72.4 Å². The van der Waals surface area contributed by atoms with Gasteiger partial charge in [0.1, 0.15) is 22.8 Å². The van der Waals surface area contributed by atoms with Crippen molar-refractivity contribution in [2.24, 2.45) is 0 Å². The van der Waals surface area contributed by atoms with Gasteiger partial charge in [0.2, 0.25) is 0 Å². The van der Waals surface area contributed by atoms with Gasteiger partial charge in [0, 0.05) is 34.4 Å². The van der Waals surface area contributed by atoms with Crippen molar-refractivity contribution in [3.63, 3.8) is 0 Å². The van der Waals surface area contributed by atoms with Crippen molar-refractivity contribution in [3.05, 3.63) is 68.4 Å². The van der Waals surface area contributed by atoms with Crippen LogP contribution in [0.15, 0.2) is 45.6 Å². The van der Waals surface area contributed by atoms with Crippen LogP contribution in [0.1, 0.15) is 32.4 Å². The van der Waals surface area contributed by atoms with Gasteiger partial charge in [0.15, 0.2) is 11.9 Å². The number of H-pyrrole nitrogens is 4. The van der Waals surface area contributed by atoms with Gasteiger partial charge in [-0.25, -0.2) is 9.97 Å². The fourth-order valence-electron chi connectivity index (χ4n) is 3.26. The molecule has 4 rings (SSSR count). The first-order valence-corrected chi connectivity index (χ1v) is 12.2. The number of halogens is 2. The molecule has 0 spiro atoms. The fraction of sp³-hybridized carbons (Fsp3) is 0.0909. The summed E-state index contributed by atoms with van der Waals surface area (Å²) in [4.78, 5) is 44.7. The molecule has 0 aliphatic heterocycles. The van der Waals surface area contributed by atoms with Crippen LogP contribution in [0, 0.1) is 0 Å². The summed E-state index contributed by atoms with van der Waals surface area (Å²) in [5, 5.41) is 5.57. The molecular weight excluding hydrogens is 596 g/mol. The number of rotatable bonds is 9. The van der Waals surface area contributed by atoms with Crippen LogP contribution >= 0.6 is 31.9 Å². The van der Waals surface area contributed by atoms with Crippen molar-refractivity contribution in [2.75, 3.05) is 24.6 Å². The summed E-state index contributed by atoms with van der Waals surface area (Å²) in [5.41, 5.74) is 14.8. The molecule has 2 amide bonds. The largest absolute Gasteiger partial charge is 0.369 e. The van der Waals surface area contributed by atoms with Gasteiger partial charge in [0.25, 0.3) is 11.8 Å². The van der Waals surface area contributed by atoms with E-state index in [0.717, 1.165) is 8.95 Å². The molecule has 186 valence electrons. The molecule has 0 aromatic carbocycles. The van der Waals surface area contributed by atoms with E-state index in [1.54, 1.807) is 48.8 Å². The zero-order chi connectivity index (χ0) is 25.7. The quantitative estimate of drug-likeness (QED) is 0.142. The molecule has 0 bridgehead atoms. The van der Waals surface area contributed by atoms with Crippen LogP contribution in [-0.2, 0) is 0 Å². The number of nitrogens with one attached hydrogen (secondary N) is 6. The third kappa shape index (κ3) is 6.14. The summed E-state index contributed by atoms with van der Waals surface area (Å²) in [6, 6.07) is 3.38. The van der Waals surface area contributed by atoms with Crippen LogP contribution in [0.3, 0.4) is 0 Å². The van der Waals surface area contributed by atoms with Gasteiger partial charge in [0.05, 0.1) is 11.4 Å². The maximum absolute atomic E-state index is 12.2. The molecule has 0 atom stereocenters. The van der Waals surface area contributed by atoms with Crippen LogP contribution in [0.25, 0.3) is 23.5 Å². The van der Waals surface area contributed by atoms with E-state index in [-0.39, 0.29) is 36.8 Å². The number of nitrogens with two attached hydrogens (primary N) is 2. The molecular formula is C22H22Br2N10O2. The third-order valence-corrected chi connectivity index (χ3v) is 5.76. The summed E-state index contributed by atoms with van der Waals surface area (Å²) in [7, 11) is 0. The van der Waals surface area contributed by atoms with E-state index < -0.39 is 0 Å². The third-order valence-electron chi connectivity index (χ3n) is 4.84. The van der Waals surface area contributed by atoms with Gasteiger partial charge in [-0.3, -0.25) is 9.59 Å². The van der Waals surface area contributed by atoms with Crippen LogP contribution in [-0.4, -0.2) is 54.8 Å². The first-order valence-electron chi connectivity index (χ1n) is 10.6. The first-order chi connectivity index (χ1) is 17.3. The Bertz CT molecular complexity index is 1330. The molecule has 0 saturated heterocycles. The normalized spacial score (nSPS) is 11.5. The average Bonchev–Trinajstić information content (AvgIpc) is 3.62. The lowest BCUT2D eigenvalue weighted by Crippen LogP contribution is -2.23. The maximum Gasteiger partial charge on any atom is 0.267 e. The maximum atomic E-state index is 12.2. The second-order valence-corrected chi connectivity index (χ2v) is 9.29. The number of imidazole rings is 2. The number of nitrogen functional groups attached to an aromatic ring is 2. The van der Waals surface area contributed by atoms with Crippen LogP contribution < -0.4 is 22.1 Å². The van der Waals surface area contributed by atoms with Crippen molar-refractivity contribution in [1.29, 1.82) is 0 Å². The Morgan fingerprint density at radius 2 is 1.22 bits per heavy atom. The predicted molar refractivity (Wildman–Crippen MR) is 145 cm³/mol. The minimum Gasteiger partial charge on any atom is -0.369 e. The lowest BCUT2D eigenvalue weighted by atomic mass is 10.2. The molecule has 36 heavy (non-hydrogen) atoms. The number of aromatic nitrogens is 6. The first kappa shape index (κ1) is 25.1. The Morgan fingerprint density at radius 1 is 0.806 bits per heavy atom. The van der Waals surface area contributed by atoms with E-state index in [4.69, 9.17) is 11.5 Å². The SMILES string of the molecule is Nc1nc(-c2nc(N)[nH]c2/C=C/CNC(=O)c2cc(Br)c[nH]2)c(/C=C/CNC(=O)c2cc(Br)c[nH]2)[nH]1. The van der Waals surface area contributed by atoms with Gasteiger partial charge >= 0.3 is 0 Å². The number of hydrogen-bond acceptors (Lipinski definition) is 6. The van der Waals surface area contributed by atoms with Gasteiger partial charge in [-0.2, -0.15) is 0 Å². The monoisotopic (exact) mass is 616 g/mol. The second kappa shape index (κ2) is 11.1. The molecule has 0 unspecified atom stereocenters. The Hall–Kier alpha value is -4.04. The minimum atomic E-state index is -0.238. The number of nitrogens with zero attached hydrogens (tertiary/aromatic N) is 2. The number of carbonyl (C=O) groups is 2. The van der Waals surface area contributed by atoms with E-state index in [1.165, 1.54) is 0 Å². The molecule has 0 fully saturated rings. The zero-order valence-electron chi connectivity index (χ0n) is 18.7. The second-order valence-electron chi connectivity index (χ2n) is 7.46. The van der Waals surface area contributed by atoms with Gasteiger partial charge in [-0.05, 0) is 56.1 Å².